The van der Waals surface area contributed by atoms with E-state index < -0.39 is 5.41 Å². The number of benzene rings is 1. The summed E-state index contributed by atoms with van der Waals surface area (Å²) in [4.78, 5) is 12.2. The fraction of sp³-hybridized carbons (Fsp3) is 0.353. The van der Waals surface area contributed by atoms with E-state index >= 15 is 0 Å². The van der Waals surface area contributed by atoms with Crippen LogP contribution in [0, 0.1) is 0 Å². The van der Waals surface area contributed by atoms with Crippen LogP contribution in [-0.2, 0) is 11.8 Å². The number of carbonyl (C=O) groups is 1. The first kappa shape index (κ1) is 13.0. The topological polar surface area (TPSA) is 57.5 Å². The summed E-state index contributed by atoms with van der Waals surface area (Å²) in [5, 5.41) is 21.2. The highest BCUT2D eigenvalue weighted by Crippen LogP contribution is 2.49. The number of rotatable bonds is 0. The Kier molecular flexibility index (Phi) is 2.58. The van der Waals surface area contributed by atoms with Gasteiger partial charge in [0.2, 0.25) is 0 Å². The molecule has 2 N–H and O–H groups in total. The van der Waals surface area contributed by atoms with E-state index in [4.69, 9.17) is 0 Å². The van der Waals surface area contributed by atoms with Crippen LogP contribution in [-0.4, -0.2) is 16.0 Å². The minimum absolute atomic E-state index is 0.00299. The van der Waals surface area contributed by atoms with Crippen LogP contribution in [0.25, 0.3) is 0 Å². The Labute approximate surface area is 118 Å². The Bertz CT molecular complexity index is 678. The zero-order valence-electron chi connectivity index (χ0n) is 11.9. The van der Waals surface area contributed by atoms with E-state index in [2.05, 4.69) is 0 Å². The SMILES string of the molecule is CC1C=CCc2c(O)c3c(c(O)c21)C(=O)C=CC3(C)C. The summed E-state index contributed by atoms with van der Waals surface area (Å²) in [6.45, 7) is 5.82. The van der Waals surface area contributed by atoms with Crippen molar-refractivity contribution in [2.75, 3.05) is 0 Å². The number of carbonyl (C=O) groups excluding carboxylic acids is 1. The molecule has 20 heavy (non-hydrogen) atoms. The van der Waals surface area contributed by atoms with Crippen molar-refractivity contribution in [2.45, 2.75) is 38.5 Å². The molecule has 0 bridgehead atoms. The monoisotopic (exact) mass is 270 g/mol. The molecule has 0 aliphatic heterocycles. The number of allylic oxidation sites excluding steroid dienone is 4. The van der Waals surface area contributed by atoms with Crippen LogP contribution in [0.15, 0.2) is 24.3 Å². The smallest absolute Gasteiger partial charge is 0.189 e. The van der Waals surface area contributed by atoms with E-state index in [1.54, 1.807) is 6.08 Å². The molecule has 0 aromatic heterocycles. The standard InChI is InChI=1S/C17H18O3/c1-9-5-4-6-10-12(9)16(20)13-11(18)7-8-17(2,3)14(13)15(10)19/h4-5,7-9,19-20H,6H2,1-3H3. The Morgan fingerprint density at radius 2 is 1.95 bits per heavy atom. The van der Waals surface area contributed by atoms with Crippen molar-refractivity contribution in [2.24, 2.45) is 0 Å². The molecule has 0 fully saturated rings. The van der Waals surface area contributed by atoms with Crippen LogP contribution in [0.2, 0.25) is 0 Å². The van der Waals surface area contributed by atoms with Gasteiger partial charge in [-0.1, -0.05) is 39.0 Å². The average molecular weight is 270 g/mol. The van der Waals surface area contributed by atoms with Crippen molar-refractivity contribution in [3.8, 4) is 11.5 Å². The van der Waals surface area contributed by atoms with Gasteiger partial charge < -0.3 is 10.2 Å². The van der Waals surface area contributed by atoms with E-state index in [1.165, 1.54) is 6.08 Å². The van der Waals surface area contributed by atoms with E-state index in [0.717, 1.165) is 5.56 Å². The minimum atomic E-state index is -0.468. The minimum Gasteiger partial charge on any atom is -0.507 e. The lowest BCUT2D eigenvalue weighted by Crippen LogP contribution is -2.24. The average Bonchev–Trinajstić information content (AvgIpc) is 2.38. The van der Waals surface area contributed by atoms with Gasteiger partial charge in [-0.3, -0.25) is 4.79 Å². The summed E-state index contributed by atoms with van der Waals surface area (Å²) in [7, 11) is 0. The molecule has 1 aromatic carbocycles. The third-order valence-electron chi connectivity index (χ3n) is 4.33. The molecule has 3 nitrogen and oxygen atoms in total. The molecule has 1 atom stereocenters. The van der Waals surface area contributed by atoms with Crippen molar-refractivity contribution in [1.29, 1.82) is 0 Å². The molecule has 3 heteroatoms. The maximum Gasteiger partial charge on any atom is 0.189 e. The van der Waals surface area contributed by atoms with Gasteiger partial charge in [0.15, 0.2) is 5.78 Å². The van der Waals surface area contributed by atoms with Gasteiger partial charge in [-0.25, -0.2) is 0 Å². The van der Waals surface area contributed by atoms with Gasteiger partial charge in [0.1, 0.15) is 11.5 Å². The normalized spacial score (nSPS) is 22.6. The summed E-state index contributed by atoms with van der Waals surface area (Å²) in [5.74, 6) is -0.0489. The highest BCUT2D eigenvalue weighted by molar-refractivity contribution is 6.10. The second-order valence-corrected chi connectivity index (χ2v) is 6.18. The summed E-state index contributed by atoms with van der Waals surface area (Å²) >= 11 is 0. The fourth-order valence-corrected chi connectivity index (χ4v) is 3.29. The molecular weight excluding hydrogens is 252 g/mol. The largest absolute Gasteiger partial charge is 0.507 e. The number of fused-ring (bicyclic) bond motifs is 2. The summed E-state index contributed by atoms with van der Waals surface area (Å²) in [6, 6.07) is 0. The molecule has 3 rings (SSSR count). The third-order valence-corrected chi connectivity index (χ3v) is 4.33. The van der Waals surface area contributed by atoms with Crippen molar-refractivity contribution in [3.05, 3.63) is 46.6 Å². The van der Waals surface area contributed by atoms with Gasteiger partial charge in [-0.05, 0) is 12.5 Å². The Hall–Kier alpha value is -2.03. The van der Waals surface area contributed by atoms with Gasteiger partial charge in [-0.15, -0.1) is 0 Å². The Morgan fingerprint density at radius 3 is 2.65 bits per heavy atom. The molecule has 0 saturated carbocycles. The van der Waals surface area contributed by atoms with Crippen molar-refractivity contribution in [1.82, 2.24) is 0 Å². The van der Waals surface area contributed by atoms with Crippen molar-refractivity contribution < 1.29 is 15.0 Å². The predicted octanol–water partition coefficient (Wildman–Crippen LogP) is 3.34. The van der Waals surface area contributed by atoms with Crippen molar-refractivity contribution in [3.63, 3.8) is 0 Å². The molecule has 0 spiro atoms. The van der Waals surface area contributed by atoms with E-state index in [-0.39, 0.29) is 28.8 Å². The fourth-order valence-electron chi connectivity index (χ4n) is 3.29. The summed E-state index contributed by atoms with van der Waals surface area (Å²) in [6.07, 6.45) is 7.83. The number of phenolic OH excluding ortho intramolecular Hbond substituents is 2. The zero-order chi connectivity index (χ0) is 14.7. The zero-order valence-corrected chi connectivity index (χ0v) is 11.9. The van der Waals surface area contributed by atoms with E-state index in [9.17, 15) is 15.0 Å². The highest BCUT2D eigenvalue weighted by Gasteiger charge is 2.37. The van der Waals surface area contributed by atoms with Gasteiger partial charge in [0.05, 0.1) is 5.56 Å². The molecular formula is C17H18O3. The summed E-state index contributed by atoms with van der Waals surface area (Å²) in [5.41, 5.74) is 1.76. The molecule has 104 valence electrons. The van der Waals surface area contributed by atoms with Gasteiger partial charge in [0.25, 0.3) is 0 Å². The van der Waals surface area contributed by atoms with Crippen LogP contribution >= 0.6 is 0 Å². The first-order valence-corrected chi connectivity index (χ1v) is 6.86. The van der Waals surface area contributed by atoms with E-state index in [0.29, 0.717) is 17.5 Å². The van der Waals surface area contributed by atoms with Crippen LogP contribution in [0.5, 0.6) is 11.5 Å². The number of hydrogen-bond acceptors (Lipinski definition) is 3. The molecule has 1 unspecified atom stereocenters. The lowest BCUT2D eigenvalue weighted by Gasteiger charge is -2.32. The molecule has 0 saturated heterocycles. The predicted molar refractivity (Wildman–Crippen MR) is 77.5 cm³/mol. The first-order chi connectivity index (χ1) is 9.34. The van der Waals surface area contributed by atoms with Gasteiger partial charge >= 0.3 is 0 Å². The van der Waals surface area contributed by atoms with Gasteiger partial charge in [-0.2, -0.15) is 0 Å². The van der Waals surface area contributed by atoms with Crippen molar-refractivity contribution >= 4 is 5.78 Å². The quantitative estimate of drug-likeness (QED) is 0.561. The maximum atomic E-state index is 12.2. The molecule has 0 heterocycles. The van der Waals surface area contributed by atoms with Crippen LogP contribution in [0.1, 0.15) is 53.7 Å². The molecule has 1 aromatic rings. The second kappa shape index (κ2) is 3.98. The number of phenols is 2. The third kappa shape index (κ3) is 1.56. The van der Waals surface area contributed by atoms with Crippen LogP contribution < -0.4 is 0 Å². The molecule has 0 amide bonds. The highest BCUT2D eigenvalue weighted by atomic mass is 16.3. The molecule has 2 aliphatic rings. The van der Waals surface area contributed by atoms with Gasteiger partial charge in [0, 0.05) is 28.0 Å². The molecule has 2 aliphatic carbocycles. The Morgan fingerprint density at radius 1 is 1.25 bits per heavy atom. The second-order valence-electron chi connectivity index (χ2n) is 6.18. The number of aromatic hydroxyl groups is 2. The van der Waals surface area contributed by atoms with Crippen LogP contribution in [0.3, 0.4) is 0 Å². The number of ketones is 1. The van der Waals surface area contributed by atoms with E-state index in [1.807, 2.05) is 32.9 Å². The lowest BCUT2D eigenvalue weighted by molar-refractivity contribution is 0.103. The first-order valence-electron chi connectivity index (χ1n) is 6.86. The lowest BCUT2D eigenvalue weighted by atomic mass is 9.72. The maximum absolute atomic E-state index is 12.2. The molecule has 0 radical (unpaired) electrons. The number of hydrogen-bond donors (Lipinski definition) is 2. The Balaban J connectivity index is 2.43. The van der Waals surface area contributed by atoms with Crippen LogP contribution in [0.4, 0.5) is 0 Å². The summed E-state index contributed by atoms with van der Waals surface area (Å²) < 4.78 is 0.